The van der Waals surface area contributed by atoms with E-state index in [0.717, 1.165) is 0 Å². The van der Waals surface area contributed by atoms with Crippen molar-refractivity contribution in [2.24, 2.45) is 11.1 Å². The number of rotatable bonds is 8. The molecule has 1 aliphatic rings. The number of halogens is 3. The summed E-state index contributed by atoms with van der Waals surface area (Å²) in [6.45, 7) is 0. The van der Waals surface area contributed by atoms with Crippen LogP contribution >= 0.6 is 23.4 Å². The van der Waals surface area contributed by atoms with E-state index >= 15 is 0 Å². The maximum atomic E-state index is 13.0. The van der Waals surface area contributed by atoms with Gasteiger partial charge in [0.1, 0.15) is 12.8 Å². The Hall–Kier alpha value is -2.20. The molecular weight excluding hydrogens is 412 g/mol. The lowest BCUT2D eigenvalue weighted by Gasteiger charge is -2.16. The molecule has 0 N–H and O–H groups in total. The number of oxime groups is 1. The van der Waals surface area contributed by atoms with Crippen LogP contribution in [0.25, 0.3) is 5.69 Å². The van der Waals surface area contributed by atoms with Crippen molar-refractivity contribution in [3.8, 4) is 5.69 Å². The van der Waals surface area contributed by atoms with Crippen molar-refractivity contribution in [3.05, 3.63) is 35.9 Å². The highest BCUT2D eigenvalue weighted by Crippen LogP contribution is 2.50. The Morgan fingerprint density at radius 3 is 2.93 bits per heavy atom. The van der Waals surface area contributed by atoms with Crippen molar-refractivity contribution >= 4 is 40.7 Å². The predicted octanol–water partition coefficient (Wildman–Crippen LogP) is 3.27. The number of thioether (sulfide) groups is 1. The SMILES string of the molecule is CO/N=C(/CSCC1CC1(F)F)C(=O)N(C)c1cn(-c2cccnc2)nc1Cl. The van der Waals surface area contributed by atoms with E-state index in [4.69, 9.17) is 16.4 Å². The van der Waals surface area contributed by atoms with Gasteiger partial charge in [0.15, 0.2) is 10.9 Å². The Morgan fingerprint density at radius 1 is 1.57 bits per heavy atom. The smallest absolute Gasteiger partial charge is 0.276 e. The molecule has 1 fully saturated rings. The molecular formula is C17H18ClF2N5O2S. The van der Waals surface area contributed by atoms with Gasteiger partial charge in [-0.25, -0.2) is 13.5 Å². The van der Waals surface area contributed by atoms with Crippen LogP contribution in [0.15, 0.2) is 35.9 Å². The van der Waals surface area contributed by atoms with Gasteiger partial charge in [-0.3, -0.25) is 9.78 Å². The monoisotopic (exact) mass is 429 g/mol. The second kappa shape index (κ2) is 8.44. The van der Waals surface area contributed by atoms with Crippen LogP contribution in [0.3, 0.4) is 0 Å². The van der Waals surface area contributed by atoms with Crippen LogP contribution in [0.5, 0.6) is 0 Å². The van der Waals surface area contributed by atoms with E-state index in [1.165, 1.54) is 35.5 Å². The molecule has 2 heterocycles. The number of carbonyl (C=O) groups excluding carboxylic acids is 1. The van der Waals surface area contributed by atoms with Gasteiger partial charge in [0.05, 0.1) is 18.1 Å². The summed E-state index contributed by atoms with van der Waals surface area (Å²) in [7, 11) is 2.85. The summed E-state index contributed by atoms with van der Waals surface area (Å²) in [6, 6.07) is 3.55. The molecule has 1 aliphatic carbocycles. The first kappa shape index (κ1) is 20.5. The molecule has 0 saturated heterocycles. The van der Waals surface area contributed by atoms with E-state index < -0.39 is 17.7 Å². The highest BCUT2D eigenvalue weighted by molar-refractivity contribution is 8.00. The van der Waals surface area contributed by atoms with E-state index in [9.17, 15) is 13.6 Å². The lowest BCUT2D eigenvalue weighted by molar-refractivity contribution is -0.112. The Morgan fingerprint density at radius 2 is 2.32 bits per heavy atom. The molecule has 1 amide bonds. The van der Waals surface area contributed by atoms with E-state index in [0.29, 0.717) is 11.4 Å². The first-order chi connectivity index (χ1) is 13.3. The number of pyridine rings is 1. The maximum absolute atomic E-state index is 13.0. The fourth-order valence-electron chi connectivity index (χ4n) is 2.48. The summed E-state index contributed by atoms with van der Waals surface area (Å²) in [4.78, 5) is 22.9. The van der Waals surface area contributed by atoms with Gasteiger partial charge in [0.25, 0.3) is 11.8 Å². The van der Waals surface area contributed by atoms with Gasteiger partial charge in [0, 0.05) is 37.1 Å². The van der Waals surface area contributed by atoms with Crippen molar-refractivity contribution in [2.75, 3.05) is 30.6 Å². The van der Waals surface area contributed by atoms with Crippen molar-refractivity contribution < 1.29 is 18.4 Å². The Kier molecular flexibility index (Phi) is 6.19. The largest absolute Gasteiger partial charge is 0.399 e. The Labute approximate surface area is 169 Å². The fraction of sp³-hybridized carbons (Fsp3) is 0.412. The molecule has 1 unspecified atom stereocenters. The van der Waals surface area contributed by atoms with Crippen molar-refractivity contribution in [2.45, 2.75) is 12.3 Å². The number of carbonyl (C=O) groups is 1. The minimum Gasteiger partial charge on any atom is -0.399 e. The minimum absolute atomic E-state index is 0.101. The number of anilines is 1. The number of hydrogen-bond acceptors (Lipinski definition) is 6. The average Bonchev–Trinajstić information content (AvgIpc) is 3.10. The third-order valence-corrected chi connectivity index (χ3v) is 5.57. The van der Waals surface area contributed by atoms with E-state index in [2.05, 4.69) is 15.2 Å². The van der Waals surface area contributed by atoms with E-state index in [1.54, 1.807) is 30.7 Å². The molecule has 2 aromatic heterocycles. The Bertz CT molecular complexity index is 878. The van der Waals surface area contributed by atoms with Crippen molar-refractivity contribution in [1.29, 1.82) is 0 Å². The van der Waals surface area contributed by atoms with Gasteiger partial charge >= 0.3 is 0 Å². The van der Waals surface area contributed by atoms with Crippen LogP contribution < -0.4 is 4.90 Å². The zero-order valence-corrected chi connectivity index (χ0v) is 16.8. The minimum atomic E-state index is -2.58. The molecule has 28 heavy (non-hydrogen) atoms. The van der Waals surface area contributed by atoms with Gasteiger partial charge in [0.2, 0.25) is 0 Å². The van der Waals surface area contributed by atoms with Crippen molar-refractivity contribution in [3.63, 3.8) is 0 Å². The van der Waals surface area contributed by atoms with E-state index in [1.807, 2.05) is 0 Å². The Balaban J connectivity index is 1.69. The summed E-state index contributed by atoms with van der Waals surface area (Å²) in [5.74, 6) is -3.27. The van der Waals surface area contributed by atoms with Crippen LogP contribution in [-0.2, 0) is 9.63 Å². The molecule has 0 bridgehead atoms. The number of nitrogens with zero attached hydrogens (tertiary/aromatic N) is 5. The highest BCUT2D eigenvalue weighted by atomic mass is 35.5. The maximum Gasteiger partial charge on any atom is 0.276 e. The lowest BCUT2D eigenvalue weighted by atomic mass is 10.3. The van der Waals surface area contributed by atoms with Gasteiger partial charge in [-0.1, -0.05) is 16.8 Å². The standard InChI is InChI=1S/C17H18ClF2N5O2S/c1-24(14-8-25(22-15(14)18)12-4-3-5-21-7-12)16(26)13(23-27-2)10-28-9-11-6-17(11,19)20/h3-5,7-8,11H,6,9-10H2,1-2H3/b23-13-. The molecule has 3 rings (SSSR count). The third-order valence-electron chi connectivity index (χ3n) is 4.19. The zero-order valence-electron chi connectivity index (χ0n) is 15.2. The van der Waals surface area contributed by atoms with Gasteiger partial charge in [-0.05, 0) is 12.1 Å². The summed E-state index contributed by atoms with van der Waals surface area (Å²) in [6.07, 6.45) is 4.73. The molecule has 1 saturated carbocycles. The van der Waals surface area contributed by atoms with E-state index in [-0.39, 0.29) is 28.8 Å². The molecule has 0 spiro atoms. The second-order valence-electron chi connectivity index (χ2n) is 6.22. The molecule has 0 aliphatic heterocycles. The van der Waals surface area contributed by atoms with Crippen LogP contribution in [0.1, 0.15) is 6.42 Å². The lowest BCUT2D eigenvalue weighted by Crippen LogP contribution is -2.34. The molecule has 1 atom stereocenters. The molecule has 0 radical (unpaired) electrons. The fourth-order valence-corrected chi connectivity index (χ4v) is 3.87. The topological polar surface area (TPSA) is 72.6 Å². The van der Waals surface area contributed by atoms with Crippen LogP contribution in [-0.4, -0.2) is 58.0 Å². The second-order valence-corrected chi connectivity index (χ2v) is 7.61. The summed E-state index contributed by atoms with van der Waals surface area (Å²) >= 11 is 7.42. The number of hydrogen-bond donors (Lipinski definition) is 0. The number of aromatic nitrogens is 3. The summed E-state index contributed by atoms with van der Waals surface area (Å²) in [5, 5.41) is 8.07. The quantitative estimate of drug-likeness (QED) is 0.475. The van der Waals surface area contributed by atoms with Crippen LogP contribution in [0.2, 0.25) is 5.15 Å². The molecule has 11 heteroatoms. The highest BCUT2D eigenvalue weighted by Gasteiger charge is 2.56. The molecule has 7 nitrogen and oxygen atoms in total. The predicted molar refractivity (Wildman–Crippen MR) is 105 cm³/mol. The number of amides is 1. The zero-order chi connectivity index (χ0) is 20.3. The molecule has 2 aromatic rings. The van der Waals surface area contributed by atoms with Crippen LogP contribution in [0.4, 0.5) is 14.5 Å². The molecule has 0 aromatic carbocycles. The first-order valence-corrected chi connectivity index (χ1v) is 9.86. The third kappa shape index (κ3) is 4.61. The molecule has 150 valence electrons. The van der Waals surface area contributed by atoms with Gasteiger partial charge < -0.3 is 9.74 Å². The first-order valence-electron chi connectivity index (χ1n) is 8.32. The summed E-state index contributed by atoms with van der Waals surface area (Å²) in [5.41, 5.74) is 1.16. The number of alkyl halides is 2. The summed E-state index contributed by atoms with van der Waals surface area (Å²) < 4.78 is 27.5. The average molecular weight is 430 g/mol. The van der Waals surface area contributed by atoms with Crippen LogP contribution in [0, 0.1) is 5.92 Å². The normalized spacial score (nSPS) is 18.0. The van der Waals surface area contributed by atoms with Gasteiger partial charge in [-0.2, -0.15) is 16.9 Å². The van der Waals surface area contributed by atoms with Crippen molar-refractivity contribution in [1.82, 2.24) is 14.8 Å². The van der Waals surface area contributed by atoms with Gasteiger partial charge in [-0.15, -0.1) is 0 Å².